The van der Waals surface area contributed by atoms with E-state index in [1.54, 1.807) is 0 Å². The smallest absolute Gasteiger partial charge is 0.234 e. The fourth-order valence-electron chi connectivity index (χ4n) is 2.76. The number of para-hydroxylation sites is 2. The van der Waals surface area contributed by atoms with Crippen molar-refractivity contribution in [2.45, 2.75) is 24.9 Å². The van der Waals surface area contributed by atoms with Crippen LogP contribution in [0.15, 0.2) is 59.8 Å². The molecule has 2 aromatic carbocycles. The Bertz CT molecular complexity index is 912. The number of nitrogens with zero attached hydrogens (tertiary/aromatic N) is 3. The molecule has 6 nitrogen and oxygen atoms in total. The topological polar surface area (TPSA) is 69.0 Å². The van der Waals surface area contributed by atoms with Gasteiger partial charge in [0.05, 0.1) is 18.0 Å². The molecule has 0 saturated heterocycles. The first-order chi connectivity index (χ1) is 13.7. The number of nitrogens with one attached hydrogen (secondary N) is 1. The first-order valence-corrected chi connectivity index (χ1v) is 10.2. The summed E-state index contributed by atoms with van der Waals surface area (Å²) in [6, 6.07) is 17.7. The highest BCUT2D eigenvalue weighted by Gasteiger charge is 2.13. The van der Waals surface area contributed by atoms with E-state index in [0.29, 0.717) is 18.0 Å². The zero-order chi connectivity index (χ0) is 19.8. The molecule has 0 radical (unpaired) electrons. The average Bonchev–Trinajstić information content (AvgIpc) is 3.07. The van der Waals surface area contributed by atoms with E-state index in [2.05, 4.69) is 27.6 Å². The van der Waals surface area contributed by atoms with E-state index in [0.717, 1.165) is 23.8 Å². The van der Waals surface area contributed by atoms with Crippen LogP contribution in [0.3, 0.4) is 0 Å². The van der Waals surface area contributed by atoms with Crippen LogP contribution in [0.4, 0.5) is 5.69 Å². The molecule has 0 aliphatic heterocycles. The Balaban J connectivity index is 1.53. The summed E-state index contributed by atoms with van der Waals surface area (Å²) in [6.45, 7) is 2.46. The van der Waals surface area contributed by atoms with Gasteiger partial charge in [0.2, 0.25) is 5.91 Å². The third-order valence-corrected chi connectivity index (χ3v) is 5.22. The van der Waals surface area contributed by atoms with Gasteiger partial charge in [0.15, 0.2) is 5.16 Å². The molecule has 0 spiro atoms. The van der Waals surface area contributed by atoms with Crippen molar-refractivity contribution >= 4 is 23.4 Å². The number of ether oxygens (including phenoxy) is 1. The number of anilines is 1. The second-order valence-electron chi connectivity index (χ2n) is 6.21. The predicted octanol–water partition coefficient (Wildman–Crippen LogP) is 3.73. The molecule has 0 saturated carbocycles. The monoisotopic (exact) mass is 396 g/mol. The third kappa shape index (κ3) is 5.36. The number of hydrogen-bond donors (Lipinski definition) is 1. The van der Waals surface area contributed by atoms with Gasteiger partial charge in [-0.1, -0.05) is 54.2 Å². The van der Waals surface area contributed by atoms with Crippen LogP contribution in [0.2, 0.25) is 0 Å². The molecule has 0 aliphatic carbocycles. The van der Waals surface area contributed by atoms with Crippen LogP contribution in [0.5, 0.6) is 5.75 Å². The van der Waals surface area contributed by atoms with E-state index < -0.39 is 0 Å². The normalized spacial score (nSPS) is 10.6. The van der Waals surface area contributed by atoms with Crippen molar-refractivity contribution in [1.82, 2.24) is 14.8 Å². The van der Waals surface area contributed by atoms with Gasteiger partial charge >= 0.3 is 0 Å². The van der Waals surface area contributed by atoms with Gasteiger partial charge in [-0.3, -0.25) is 4.79 Å². The molecule has 3 rings (SSSR count). The highest BCUT2D eigenvalue weighted by atomic mass is 32.2. The van der Waals surface area contributed by atoms with E-state index in [1.807, 2.05) is 61.0 Å². The number of carbonyl (C=O) groups is 1. The molecule has 0 fully saturated rings. The fourth-order valence-corrected chi connectivity index (χ4v) is 3.49. The lowest BCUT2D eigenvalue weighted by molar-refractivity contribution is -0.113. The quantitative estimate of drug-likeness (QED) is 0.558. The number of hydrogen-bond acceptors (Lipinski definition) is 5. The van der Waals surface area contributed by atoms with Crippen LogP contribution in [-0.4, -0.2) is 33.0 Å². The fraction of sp³-hybridized carbons (Fsp3) is 0.286. The van der Waals surface area contributed by atoms with E-state index in [9.17, 15) is 4.79 Å². The number of thioether (sulfide) groups is 1. The molecule has 3 aromatic rings. The van der Waals surface area contributed by atoms with Crippen LogP contribution in [0.1, 0.15) is 18.3 Å². The summed E-state index contributed by atoms with van der Waals surface area (Å²) in [5.74, 6) is 1.73. The van der Waals surface area contributed by atoms with E-state index in [4.69, 9.17) is 4.74 Å². The Morgan fingerprint density at radius 2 is 1.82 bits per heavy atom. The number of amides is 1. The number of rotatable bonds is 9. The highest BCUT2D eigenvalue weighted by Crippen LogP contribution is 2.24. The van der Waals surface area contributed by atoms with Gasteiger partial charge in [0.1, 0.15) is 11.6 Å². The van der Waals surface area contributed by atoms with Gasteiger partial charge in [-0.25, -0.2) is 0 Å². The molecule has 1 amide bonds. The van der Waals surface area contributed by atoms with Crippen LogP contribution in [0, 0.1) is 0 Å². The molecule has 0 unspecified atom stereocenters. The number of carbonyl (C=O) groups excluding carboxylic acids is 1. The molecule has 0 atom stereocenters. The van der Waals surface area contributed by atoms with Gasteiger partial charge in [-0.2, -0.15) is 0 Å². The lowest BCUT2D eigenvalue weighted by Gasteiger charge is -2.11. The first kappa shape index (κ1) is 19.9. The van der Waals surface area contributed by atoms with Crippen molar-refractivity contribution in [1.29, 1.82) is 0 Å². The summed E-state index contributed by atoms with van der Waals surface area (Å²) in [5, 5.41) is 12.1. The molecular weight excluding hydrogens is 372 g/mol. The zero-order valence-electron chi connectivity index (χ0n) is 16.1. The maximum atomic E-state index is 12.3. The van der Waals surface area contributed by atoms with E-state index in [1.165, 1.54) is 17.3 Å². The van der Waals surface area contributed by atoms with Crippen molar-refractivity contribution in [2.75, 3.05) is 17.7 Å². The highest BCUT2D eigenvalue weighted by molar-refractivity contribution is 7.99. The summed E-state index contributed by atoms with van der Waals surface area (Å²) in [7, 11) is 1.94. The van der Waals surface area contributed by atoms with E-state index >= 15 is 0 Å². The second kappa shape index (κ2) is 9.94. The molecular formula is C21H24N4O2S. The summed E-state index contributed by atoms with van der Waals surface area (Å²) >= 11 is 1.37. The van der Waals surface area contributed by atoms with Gasteiger partial charge in [-0.15, -0.1) is 10.2 Å². The molecule has 7 heteroatoms. The maximum Gasteiger partial charge on any atom is 0.234 e. The number of benzene rings is 2. The Kier molecular flexibility index (Phi) is 7.08. The third-order valence-electron chi connectivity index (χ3n) is 4.20. The molecule has 1 heterocycles. The minimum atomic E-state index is -0.106. The SMILES string of the molecule is CCOc1ccccc1NC(=O)CSc1nnc(CCc2ccccc2)n1C. The van der Waals surface area contributed by atoms with Crippen molar-refractivity contribution < 1.29 is 9.53 Å². The minimum Gasteiger partial charge on any atom is -0.492 e. The summed E-state index contributed by atoms with van der Waals surface area (Å²) < 4.78 is 7.49. The van der Waals surface area contributed by atoms with Crippen LogP contribution in [0.25, 0.3) is 0 Å². The first-order valence-electron chi connectivity index (χ1n) is 9.24. The Labute approximate surface area is 169 Å². The van der Waals surface area contributed by atoms with Crippen molar-refractivity contribution in [3.8, 4) is 5.75 Å². The molecule has 0 aliphatic rings. The molecule has 146 valence electrons. The van der Waals surface area contributed by atoms with Crippen molar-refractivity contribution in [3.05, 3.63) is 66.0 Å². The Morgan fingerprint density at radius 3 is 2.61 bits per heavy atom. The number of aromatic nitrogens is 3. The molecule has 1 N–H and O–H groups in total. The van der Waals surface area contributed by atoms with E-state index in [-0.39, 0.29) is 11.7 Å². The van der Waals surface area contributed by atoms with Crippen LogP contribution in [-0.2, 0) is 24.7 Å². The zero-order valence-corrected chi connectivity index (χ0v) is 16.9. The van der Waals surface area contributed by atoms with Crippen LogP contribution >= 0.6 is 11.8 Å². The second-order valence-corrected chi connectivity index (χ2v) is 7.15. The van der Waals surface area contributed by atoms with Gasteiger partial charge in [0, 0.05) is 13.5 Å². The van der Waals surface area contributed by atoms with Crippen molar-refractivity contribution in [3.63, 3.8) is 0 Å². The van der Waals surface area contributed by atoms with Gasteiger partial charge in [0.25, 0.3) is 0 Å². The molecule has 1 aromatic heterocycles. The summed E-state index contributed by atoms with van der Waals surface area (Å²) in [6.07, 6.45) is 1.72. The molecule has 0 bridgehead atoms. The Morgan fingerprint density at radius 1 is 1.07 bits per heavy atom. The summed E-state index contributed by atoms with van der Waals surface area (Å²) in [4.78, 5) is 12.3. The Hall–Kier alpha value is -2.80. The standard InChI is InChI=1S/C21H24N4O2S/c1-3-27-18-12-8-7-11-17(18)22-20(26)15-28-21-24-23-19(25(21)2)14-13-16-9-5-4-6-10-16/h4-12H,3,13-15H2,1-2H3,(H,22,26). The predicted molar refractivity (Wildman–Crippen MR) is 112 cm³/mol. The largest absolute Gasteiger partial charge is 0.492 e. The lowest BCUT2D eigenvalue weighted by atomic mass is 10.1. The molecule has 28 heavy (non-hydrogen) atoms. The maximum absolute atomic E-state index is 12.3. The van der Waals surface area contributed by atoms with Crippen molar-refractivity contribution in [2.24, 2.45) is 7.05 Å². The lowest BCUT2D eigenvalue weighted by Crippen LogP contribution is -2.15. The average molecular weight is 397 g/mol. The minimum absolute atomic E-state index is 0.106. The summed E-state index contributed by atoms with van der Waals surface area (Å²) in [5.41, 5.74) is 1.95. The van der Waals surface area contributed by atoms with Gasteiger partial charge < -0.3 is 14.6 Å². The van der Waals surface area contributed by atoms with Gasteiger partial charge in [-0.05, 0) is 31.0 Å². The van der Waals surface area contributed by atoms with Crippen LogP contribution < -0.4 is 10.1 Å². The number of aryl methyl sites for hydroxylation is 2.